The number of nitrogens with one attached hydrogen (secondary N) is 1. The third-order valence-electron chi connectivity index (χ3n) is 5.01. The topological polar surface area (TPSA) is 77.2 Å². The van der Waals surface area contributed by atoms with Gasteiger partial charge in [-0.05, 0) is 55.7 Å². The predicted molar refractivity (Wildman–Crippen MR) is 123 cm³/mol. The van der Waals surface area contributed by atoms with Gasteiger partial charge in [-0.1, -0.05) is 33.1 Å². The molecule has 0 atom stereocenters. The summed E-state index contributed by atoms with van der Waals surface area (Å²) in [6.07, 6.45) is 9.71. The quantitative estimate of drug-likeness (QED) is 0.540. The van der Waals surface area contributed by atoms with Crippen LogP contribution in [0.1, 0.15) is 62.0 Å². The summed E-state index contributed by atoms with van der Waals surface area (Å²) in [4.78, 5) is 20.1. The Morgan fingerprint density at radius 1 is 1.19 bits per heavy atom. The van der Waals surface area contributed by atoms with Gasteiger partial charge in [-0.3, -0.25) is 9.78 Å². The average molecular weight is 442 g/mol. The molecule has 1 aliphatic carbocycles. The van der Waals surface area contributed by atoms with Crippen LogP contribution in [0.5, 0.6) is 5.75 Å². The maximum Gasteiger partial charge on any atom is 0.274 e. The van der Waals surface area contributed by atoms with E-state index in [1.54, 1.807) is 13.2 Å². The Morgan fingerprint density at radius 2 is 1.94 bits per heavy atom. The maximum absolute atomic E-state index is 12.5. The number of carbonyl (C=O) groups excluding carboxylic acids is 1. The number of pyridine rings is 1. The number of amides is 1. The van der Waals surface area contributed by atoms with Crippen LogP contribution in [-0.4, -0.2) is 29.0 Å². The van der Waals surface area contributed by atoms with Crippen LogP contribution in [0.15, 0.2) is 53.5 Å². The Labute approximate surface area is 189 Å². The van der Waals surface area contributed by atoms with Crippen LogP contribution in [-0.2, 0) is 0 Å². The van der Waals surface area contributed by atoms with E-state index in [4.69, 9.17) is 9.15 Å². The third kappa shape index (κ3) is 7.18. The molecule has 7 heteroatoms. The first-order valence-electron chi connectivity index (χ1n) is 11.0. The van der Waals surface area contributed by atoms with E-state index in [2.05, 4.69) is 15.3 Å². The number of aryl methyl sites for hydroxylation is 1. The third-order valence-corrected chi connectivity index (χ3v) is 5.01. The van der Waals surface area contributed by atoms with Crippen LogP contribution in [0, 0.1) is 12.7 Å². The lowest BCUT2D eigenvalue weighted by Crippen LogP contribution is -2.36. The molecular formula is C25H32FN3O3. The second-order valence-electron chi connectivity index (χ2n) is 7.19. The first kappa shape index (κ1) is 25.0. The second kappa shape index (κ2) is 13.2. The lowest BCUT2D eigenvalue weighted by molar-refractivity contribution is 0.0923. The minimum atomic E-state index is -0.289. The number of benzene rings is 1. The fourth-order valence-electron chi connectivity index (χ4n) is 3.47. The van der Waals surface area contributed by atoms with Crippen LogP contribution < -0.4 is 10.1 Å². The molecule has 2 heterocycles. The molecule has 32 heavy (non-hydrogen) atoms. The Bertz CT molecular complexity index is 954. The zero-order valence-electron chi connectivity index (χ0n) is 19.2. The molecule has 172 valence electrons. The van der Waals surface area contributed by atoms with Crippen molar-refractivity contribution in [2.24, 2.45) is 0 Å². The number of hydrogen-bond acceptors (Lipinski definition) is 5. The molecule has 0 saturated heterocycles. The van der Waals surface area contributed by atoms with Crippen LogP contribution in [0.3, 0.4) is 0 Å². The van der Waals surface area contributed by atoms with Crippen molar-refractivity contribution in [3.05, 3.63) is 66.2 Å². The minimum absolute atomic E-state index is 0.158. The van der Waals surface area contributed by atoms with Crippen LogP contribution >= 0.6 is 0 Å². The van der Waals surface area contributed by atoms with E-state index < -0.39 is 0 Å². The second-order valence-corrected chi connectivity index (χ2v) is 7.19. The number of rotatable bonds is 4. The normalized spacial score (nSPS) is 13.2. The standard InChI is InChI=1S/C18H22N2O3.C5H4FN.C2H6/c1-12-10-13(8-9-15(12)22-2)17-16(19-11-23-17)18(21)20-14-6-4-3-5-7-14;6-5-2-1-3-7-4-5;1-2/h8-11,14H,3-7H2,1-2H3,(H,20,21);1-4H;1-2H3. The van der Waals surface area contributed by atoms with Gasteiger partial charge in [0.2, 0.25) is 0 Å². The van der Waals surface area contributed by atoms with Crippen molar-refractivity contribution in [3.63, 3.8) is 0 Å². The van der Waals surface area contributed by atoms with Gasteiger partial charge in [-0.15, -0.1) is 0 Å². The summed E-state index contributed by atoms with van der Waals surface area (Å²) in [7, 11) is 1.64. The number of nitrogens with zero attached hydrogens (tertiary/aromatic N) is 2. The van der Waals surface area contributed by atoms with Crippen molar-refractivity contribution < 1.29 is 18.3 Å². The fourth-order valence-corrected chi connectivity index (χ4v) is 3.47. The molecular weight excluding hydrogens is 409 g/mol. The first-order valence-corrected chi connectivity index (χ1v) is 11.0. The van der Waals surface area contributed by atoms with Crippen LogP contribution in [0.4, 0.5) is 4.39 Å². The molecule has 0 unspecified atom stereocenters. The highest BCUT2D eigenvalue weighted by atomic mass is 19.1. The highest BCUT2D eigenvalue weighted by molar-refractivity contribution is 5.97. The van der Waals surface area contributed by atoms with Gasteiger partial charge in [0.1, 0.15) is 11.6 Å². The summed E-state index contributed by atoms with van der Waals surface area (Å²) in [5, 5.41) is 3.08. The first-order chi connectivity index (χ1) is 15.6. The van der Waals surface area contributed by atoms with E-state index in [9.17, 15) is 9.18 Å². The lowest BCUT2D eigenvalue weighted by Gasteiger charge is -2.22. The fraction of sp³-hybridized carbons (Fsp3) is 0.400. The number of oxazole rings is 1. The van der Waals surface area contributed by atoms with Gasteiger partial charge < -0.3 is 14.5 Å². The van der Waals surface area contributed by atoms with Gasteiger partial charge in [0.25, 0.3) is 5.91 Å². The number of aromatic nitrogens is 2. The molecule has 0 spiro atoms. The van der Waals surface area contributed by atoms with Gasteiger partial charge in [0.15, 0.2) is 17.8 Å². The number of ether oxygens (including phenoxy) is 1. The van der Waals surface area contributed by atoms with Gasteiger partial charge in [0, 0.05) is 17.8 Å². The molecule has 1 aromatic carbocycles. The van der Waals surface area contributed by atoms with Crippen molar-refractivity contribution >= 4 is 5.91 Å². The smallest absolute Gasteiger partial charge is 0.274 e. The van der Waals surface area contributed by atoms with Gasteiger partial charge >= 0.3 is 0 Å². The lowest BCUT2D eigenvalue weighted by atomic mass is 9.95. The molecule has 4 rings (SSSR count). The SMILES string of the molecule is CC.COc1ccc(-c2ocnc2C(=O)NC2CCCCC2)cc1C.Fc1cccnc1. The summed E-state index contributed by atoms with van der Waals surface area (Å²) in [5.41, 5.74) is 2.16. The monoisotopic (exact) mass is 441 g/mol. The van der Waals surface area contributed by atoms with Crippen LogP contribution in [0.2, 0.25) is 0 Å². The summed E-state index contributed by atoms with van der Waals surface area (Å²) >= 11 is 0. The molecule has 1 amide bonds. The van der Waals surface area contributed by atoms with E-state index in [1.165, 1.54) is 44.1 Å². The predicted octanol–water partition coefficient (Wildman–Crippen LogP) is 5.97. The van der Waals surface area contributed by atoms with Gasteiger partial charge in [-0.25, -0.2) is 9.37 Å². The number of carbonyl (C=O) groups is 1. The van der Waals surface area contributed by atoms with Gasteiger partial charge in [0.05, 0.1) is 13.3 Å². The van der Waals surface area contributed by atoms with E-state index in [0.717, 1.165) is 29.7 Å². The summed E-state index contributed by atoms with van der Waals surface area (Å²) < 4.78 is 22.6. The van der Waals surface area contributed by atoms with Gasteiger partial charge in [-0.2, -0.15) is 0 Å². The molecule has 0 aliphatic heterocycles. The molecule has 0 radical (unpaired) electrons. The Morgan fingerprint density at radius 3 is 2.50 bits per heavy atom. The summed E-state index contributed by atoms with van der Waals surface area (Å²) in [6, 6.07) is 8.84. The maximum atomic E-state index is 12.5. The largest absolute Gasteiger partial charge is 0.496 e. The zero-order chi connectivity index (χ0) is 23.3. The zero-order valence-corrected chi connectivity index (χ0v) is 19.2. The molecule has 1 saturated carbocycles. The molecule has 6 nitrogen and oxygen atoms in total. The molecule has 1 N–H and O–H groups in total. The Hall–Kier alpha value is -3.22. The molecule has 2 aromatic heterocycles. The van der Waals surface area contributed by atoms with E-state index in [-0.39, 0.29) is 17.8 Å². The van der Waals surface area contributed by atoms with E-state index in [0.29, 0.717) is 11.5 Å². The Kier molecular flexibility index (Phi) is 10.4. The summed E-state index contributed by atoms with van der Waals surface area (Å²) in [6.45, 7) is 5.96. The van der Waals surface area contributed by atoms with Crippen LogP contribution in [0.25, 0.3) is 11.3 Å². The Balaban J connectivity index is 0.000000340. The van der Waals surface area contributed by atoms with Crippen molar-refractivity contribution in [2.45, 2.75) is 58.9 Å². The number of methoxy groups -OCH3 is 1. The van der Waals surface area contributed by atoms with E-state index >= 15 is 0 Å². The highest BCUT2D eigenvalue weighted by Gasteiger charge is 2.22. The molecule has 1 fully saturated rings. The number of halogens is 1. The van der Waals surface area contributed by atoms with Crippen molar-refractivity contribution in [1.29, 1.82) is 0 Å². The summed E-state index contributed by atoms with van der Waals surface area (Å²) in [5.74, 6) is 0.863. The molecule has 3 aromatic rings. The van der Waals surface area contributed by atoms with Crippen molar-refractivity contribution in [1.82, 2.24) is 15.3 Å². The van der Waals surface area contributed by atoms with E-state index in [1.807, 2.05) is 39.0 Å². The molecule has 0 bridgehead atoms. The molecule has 1 aliphatic rings. The van der Waals surface area contributed by atoms with Crippen molar-refractivity contribution in [3.8, 4) is 17.1 Å². The van der Waals surface area contributed by atoms with Crippen molar-refractivity contribution in [2.75, 3.05) is 7.11 Å². The highest BCUT2D eigenvalue weighted by Crippen LogP contribution is 2.28. The average Bonchev–Trinajstić information content (AvgIpc) is 3.32. The number of hydrogen-bond donors (Lipinski definition) is 1. The minimum Gasteiger partial charge on any atom is -0.496 e.